The third kappa shape index (κ3) is 3.06. The second-order valence-electron chi connectivity index (χ2n) is 7.78. The van der Waals surface area contributed by atoms with Gasteiger partial charge in [-0.05, 0) is 62.7 Å². The molecule has 2 N–H and O–H groups in total. The van der Waals surface area contributed by atoms with Crippen molar-refractivity contribution in [1.82, 2.24) is 0 Å². The van der Waals surface area contributed by atoms with E-state index in [0.29, 0.717) is 6.04 Å². The lowest BCUT2D eigenvalue weighted by Crippen LogP contribution is -2.51. The highest BCUT2D eigenvalue weighted by molar-refractivity contribution is 4.97. The molecule has 0 bridgehead atoms. The first-order valence-electron chi connectivity index (χ1n) is 9.12. The number of hydrogen-bond acceptors (Lipinski definition) is 2. The van der Waals surface area contributed by atoms with Gasteiger partial charge in [-0.2, -0.15) is 0 Å². The van der Waals surface area contributed by atoms with Crippen molar-refractivity contribution in [1.29, 1.82) is 0 Å². The van der Waals surface area contributed by atoms with Crippen LogP contribution in [0, 0.1) is 17.8 Å². The normalized spacial score (nSPS) is 38.4. The highest BCUT2D eigenvalue weighted by Gasteiger charge is 2.44. The van der Waals surface area contributed by atoms with Crippen molar-refractivity contribution in [2.24, 2.45) is 23.5 Å². The van der Waals surface area contributed by atoms with Crippen molar-refractivity contribution in [2.75, 3.05) is 6.61 Å². The van der Waals surface area contributed by atoms with E-state index in [1.165, 1.54) is 70.6 Å². The molecule has 0 aromatic carbocycles. The van der Waals surface area contributed by atoms with Gasteiger partial charge in [-0.25, -0.2) is 0 Å². The minimum atomic E-state index is 0.264. The van der Waals surface area contributed by atoms with Crippen molar-refractivity contribution < 1.29 is 4.74 Å². The van der Waals surface area contributed by atoms with Gasteiger partial charge in [0.05, 0.1) is 5.60 Å². The Hall–Kier alpha value is -0.0800. The fourth-order valence-corrected chi connectivity index (χ4v) is 4.97. The third-order valence-corrected chi connectivity index (χ3v) is 6.47. The first-order valence-corrected chi connectivity index (χ1v) is 9.12. The third-order valence-electron chi connectivity index (χ3n) is 6.47. The molecular formula is C18H33NO. The van der Waals surface area contributed by atoms with E-state index in [4.69, 9.17) is 10.5 Å². The Morgan fingerprint density at radius 3 is 2.45 bits per heavy atom. The molecule has 2 heteroatoms. The first-order chi connectivity index (χ1) is 9.72. The molecule has 2 atom stereocenters. The summed E-state index contributed by atoms with van der Waals surface area (Å²) in [4.78, 5) is 0. The molecule has 1 aliphatic heterocycles. The van der Waals surface area contributed by atoms with E-state index in [1.807, 2.05) is 0 Å². The molecule has 2 saturated carbocycles. The smallest absolute Gasteiger partial charge is 0.0685 e. The maximum atomic E-state index is 6.69. The van der Waals surface area contributed by atoms with Gasteiger partial charge < -0.3 is 10.5 Å². The molecule has 3 fully saturated rings. The Kier molecular flexibility index (Phi) is 4.72. The van der Waals surface area contributed by atoms with Crippen molar-refractivity contribution in [2.45, 2.75) is 89.2 Å². The molecule has 116 valence electrons. The summed E-state index contributed by atoms with van der Waals surface area (Å²) >= 11 is 0. The molecule has 0 amide bonds. The zero-order valence-electron chi connectivity index (χ0n) is 13.3. The van der Waals surface area contributed by atoms with Crippen LogP contribution in [0.2, 0.25) is 0 Å². The zero-order valence-corrected chi connectivity index (χ0v) is 13.3. The maximum Gasteiger partial charge on any atom is 0.0685 e. The summed E-state index contributed by atoms with van der Waals surface area (Å²) in [5, 5.41) is 0. The van der Waals surface area contributed by atoms with Crippen LogP contribution in [0.3, 0.4) is 0 Å². The molecule has 1 saturated heterocycles. The van der Waals surface area contributed by atoms with E-state index in [0.717, 1.165) is 24.4 Å². The highest BCUT2D eigenvalue weighted by atomic mass is 16.5. The summed E-state index contributed by atoms with van der Waals surface area (Å²) in [6.07, 6.45) is 14.8. The molecule has 2 unspecified atom stereocenters. The fourth-order valence-electron chi connectivity index (χ4n) is 4.97. The standard InChI is InChI=1S/C18H33NO/c1-2-4-14-5-7-15(8-6-14)17(19)16-9-12-20-18(13-16)10-3-11-18/h14-17H,2-13,19H2,1H3. The summed E-state index contributed by atoms with van der Waals surface area (Å²) < 4.78 is 6.06. The lowest BCUT2D eigenvalue weighted by Gasteiger charge is -2.49. The number of nitrogens with two attached hydrogens (primary N) is 1. The largest absolute Gasteiger partial charge is 0.375 e. The monoisotopic (exact) mass is 279 g/mol. The van der Waals surface area contributed by atoms with Gasteiger partial charge >= 0.3 is 0 Å². The summed E-state index contributed by atoms with van der Waals surface area (Å²) in [5.41, 5.74) is 6.95. The van der Waals surface area contributed by atoms with Gasteiger partial charge in [-0.1, -0.05) is 32.6 Å². The van der Waals surface area contributed by atoms with E-state index in [-0.39, 0.29) is 5.60 Å². The van der Waals surface area contributed by atoms with Crippen molar-refractivity contribution in [3.8, 4) is 0 Å². The quantitative estimate of drug-likeness (QED) is 0.834. The lowest BCUT2D eigenvalue weighted by atomic mass is 9.67. The molecule has 3 rings (SSSR count). The topological polar surface area (TPSA) is 35.2 Å². The Bertz CT molecular complexity index is 305. The van der Waals surface area contributed by atoms with E-state index in [2.05, 4.69) is 6.92 Å². The summed E-state index contributed by atoms with van der Waals surface area (Å²) in [7, 11) is 0. The zero-order chi connectivity index (χ0) is 14.0. The Morgan fingerprint density at radius 2 is 1.85 bits per heavy atom. The molecule has 2 nitrogen and oxygen atoms in total. The second-order valence-corrected chi connectivity index (χ2v) is 7.78. The number of hydrogen-bond donors (Lipinski definition) is 1. The minimum absolute atomic E-state index is 0.264. The van der Waals surface area contributed by atoms with Gasteiger partial charge in [0.1, 0.15) is 0 Å². The molecule has 0 radical (unpaired) electrons. The summed E-state index contributed by atoms with van der Waals surface area (Å²) in [5.74, 6) is 2.52. The van der Waals surface area contributed by atoms with Gasteiger partial charge in [0.2, 0.25) is 0 Å². The predicted molar refractivity (Wildman–Crippen MR) is 83.6 cm³/mol. The Balaban J connectivity index is 1.50. The van der Waals surface area contributed by atoms with Crippen LogP contribution in [0.15, 0.2) is 0 Å². The minimum Gasteiger partial charge on any atom is -0.375 e. The molecular weight excluding hydrogens is 246 g/mol. The van der Waals surface area contributed by atoms with Gasteiger partial charge in [0.15, 0.2) is 0 Å². The first kappa shape index (κ1) is 14.8. The van der Waals surface area contributed by atoms with Gasteiger partial charge in [-0.3, -0.25) is 0 Å². The van der Waals surface area contributed by atoms with E-state index in [9.17, 15) is 0 Å². The number of rotatable bonds is 4. The van der Waals surface area contributed by atoms with Gasteiger partial charge in [0, 0.05) is 12.6 Å². The highest BCUT2D eigenvalue weighted by Crippen LogP contribution is 2.46. The van der Waals surface area contributed by atoms with Crippen LogP contribution < -0.4 is 5.73 Å². The summed E-state index contributed by atoms with van der Waals surface area (Å²) in [6.45, 7) is 3.28. The summed E-state index contributed by atoms with van der Waals surface area (Å²) in [6, 6.07) is 0.443. The van der Waals surface area contributed by atoms with Crippen LogP contribution in [0.4, 0.5) is 0 Å². The van der Waals surface area contributed by atoms with Crippen LogP contribution in [-0.4, -0.2) is 18.2 Å². The fraction of sp³-hybridized carbons (Fsp3) is 1.00. The average molecular weight is 279 g/mol. The van der Waals surface area contributed by atoms with Crippen molar-refractivity contribution in [3.05, 3.63) is 0 Å². The van der Waals surface area contributed by atoms with E-state index >= 15 is 0 Å². The lowest BCUT2D eigenvalue weighted by molar-refractivity contribution is -0.148. The van der Waals surface area contributed by atoms with E-state index in [1.54, 1.807) is 0 Å². The molecule has 20 heavy (non-hydrogen) atoms. The van der Waals surface area contributed by atoms with Crippen LogP contribution in [0.5, 0.6) is 0 Å². The maximum absolute atomic E-state index is 6.69. The number of ether oxygens (including phenoxy) is 1. The van der Waals surface area contributed by atoms with Crippen LogP contribution in [0.1, 0.15) is 77.6 Å². The molecule has 3 aliphatic rings. The van der Waals surface area contributed by atoms with E-state index < -0.39 is 0 Å². The SMILES string of the molecule is CCCC1CCC(C(N)C2CCOC3(CCC3)C2)CC1. The van der Waals surface area contributed by atoms with Crippen molar-refractivity contribution >= 4 is 0 Å². The van der Waals surface area contributed by atoms with Crippen LogP contribution in [0.25, 0.3) is 0 Å². The molecule has 1 heterocycles. The van der Waals surface area contributed by atoms with Gasteiger partial charge in [0.25, 0.3) is 0 Å². The molecule has 2 aliphatic carbocycles. The molecule has 0 aromatic rings. The Morgan fingerprint density at radius 1 is 1.10 bits per heavy atom. The van der Waals surface area contributed by atoms with Gasteiger partial charge in [-0.15, -0.1) is 0 Å². The average Bonchev–Trinajstić information content (AvgIpc) is 2.46. The molecule has 0 aromatic heterocycles. The molecule has 1 spiro atoms. The predicted octanol–water partition coefficient (Wildman–Crippen LogP) is 4.27. The van der Waals surface area contributed by atoms with Crippen LogP contribution >= 0.6 is 0 Å². The second kappa shape index (κ2) is 6.36. The van der Waals surface area contributed by atoms with Crippen molar-refractivity contribution in [3.63, 3.8) is 0 Å². The Labute approximate surface area is 124 Å². The van der Waals surface area contributed by atoms with Crippen LogP contribution in [-0.2, 0) is 4.74 Å².